The second-order valence-corrected chi connectivity index (χ2v) is 7.66. The Kier molecular flexibility index (Phi) is 5.27. The van der Waals surface area contributed by atoms with Crippen molar-refractivity contribution in [1.82, 2.24) is 4.98 Å². The summed E-state index contributed by atoms with van der Waals surface area (Å²) in [5, 5.41) is 2.85. The normalized spacial score (nSPS) is 10.9. The predicted octanol–water partition coefficient (Wildman–Crippen LogP) is 5.75. The number of oxazole rings is 1. The molecule has 0 saturated heterocycles. The van der Waals surface area contributed by atoms with E-state index in [-0.39, 0.29) is 12.5 Å². The lowest BCUT2D eigenvalue weighted by Gasteiger charge is -2.09. The summed E-state index contributed by atoms with van der Waals surface area (Å²) >= 11 is 0. The SMILES string of the molecule is Cc1cc(C)cc(OCC(=O)Nc2ccc3oc(-c4ccc(C)c(C)c4)nc3c2)c1. The molecule has 0 radical (unpaired) electrons. The van der Waals surface area contributed by atoms with Crippen LogP contribution in [0.2, 0.25) is 0 Å². The minimum absolute atomic E-state index is 0.0619. The Morgan fingerprint density at radius 3 is 2.43 bits per heavy atom. The van der Waals surface area contributed by atoms with Crippen molar-refractivity contribution in [3.63, 3.8) is 0 Å². The van der Waals surface area contributed by atoms with E-state index in [2.05, 4.69) is 42.3 Å². The quantitative estimate of drug-likeness (QED) is 0.463. The van der Waals surface area contributed by atoms with Crippen LogP contribution in [0.15, 0.2) is 59.0 Å². The molecule has 1 N–H and O–H groups in total. The highest BCUT2D eigenvalue weighted by Crippen LogP contribution is 2.27. The van der Waals surface area contributed by atoms with Gasteiger partial charge in [0, 0.05) is 11.3 Å². The van der Waals surface area contributed by atoms with E-state index in [1.807, 2.05) is 38.1 Å². The number of hydrogen-bond donors (Lipinski definition) is 1. The first-order chi connectivity index (χ1) is 14.4. The third-order valence-corrected chi connectivity index (χ3v) is 4.99. The summed E-state index contributed by atoms with van der Waals surface area (Å²) in [5.41, 5.74) is 7.56. The van der Waals surface area contributed by atoms with E-state index in [1.54, 1.807) is 12.1 Å². The lowest BCUT2D eigenvalue weighted by Crippen LogP contribution is -2.20. The Morgan fingerprint density at radius 1 is 0.933 bits per heavy atom. The van der Waals surface area contributed by atoms with Crippen LogP contribution in [0, 0.1) is 27.7 Å². The molecule has 0 atom stereocenters. The van der Waals surface area contributed by atoms with Crippen molar-refractivity contribution in [2.75, 3.05) is 11.9 Å². The molecule has 152 valence electrons. The van der Waals surface area contributed by atoms with E-state index >= 15 is 0 Å². The van der Waals surface area contributed by atoms with E-state index in [0.29, 0.717) is 28.4 Å². The van der Waals surface area contributed by atoms with Crippen LogP contribution in [0.25, 0.3) is 22.6 Å². The minimum Gasteiger partial charge on any atom is -0.484 e. The fourth-order valence-corrected chi connectivity index (χ4v) is 3.37. The molecule has 0 aliphatic heterocycles. The van der Waals surface area contributed by atoms with Gasteiger partial charge in [-0.15, -0.1) is 0 Å². The number of rotatable bonds is 5. The lowest BCUT2D eigenvalue weighted by atomic mass is 10.1. The molecule has 0 spiro atoms. The molecule has 4 aromatic rings. The van der Waals surface area contributed by atoms with Crippen LogP contribution in [-0.4, -0.2) is 17.5 Å². The van der Waals surface area contributed by atoms with Crippen molar-refractivity contribution in [2.24, 2.45) is 0 Å². The van der Waals surface area contributed by atoms with Gasteiger partial charge in [-0.2, -0.15) is 0 Å². The summed E-state index contributed by atoms with van der Waals surface area (Å²) < 4.78 is 11.5. The number of aryl methyl sites for hydroxylation is 4. The zero-order valence-electron chi connectivity index (χ0n) is 17.6. The molecular formula is C25H24N2O3. The highest BCUT2D eigenvalue weighted by atomic mass is 16.5. The van der Waals surface area contributed by atoms with Gasteiger partial charge in [-0.25, -0.2) is 4.98 Å². The first kappa shape index (κ1) is 19.7. The molecule has 4 rings (SSSR count). The number of hydrogen-bond acceptors (Lipinski definition) is 4. The maximum Gasteiger partial charge on any atom is 0.262 e. The van der Waals surface area contributed by atoms with Crippen molar-refractivity contribution in [2.45, 2.75) is 27.7 Å². The van der Waals surface area contributed by atoms with Gasteiger partial charge in [-0.3, -0.25) is 4.79 Å². The van der Waals surface area contributed by atoms with Crippen molar-refractivity contribution in [1.29, 1.82) is 0 Å². The molecule has 1 heterocycles. The largest absolute Gasteiger partial charge is 0.484 e. The highest BCUT2D eigenvalue weighted by Gasteiger charge is 2.11. The third-order valence-electron chi connectivity index (χ3n) is 4.99. The summed E-state index contributed by atoms with van der Waals surface area (Å²) in [4.78, 5) is 16.9. The maximum atomic E-state index is 12.3. The van der Waals surface area contributed by atoms with Gasteiger partial charge in [0.05, 0.1) is 0 Å². The first-order valence-corrected chi connectivity index (χ1v) is 9.86. The molecule has 0 aliphatic carbocycles. The van der Waals surface area contributed by atoms with Crippen molar-refractivity contribution in [3.05, 3.63) is 76.9 Å². The maximum absolute atomic E-state index is 12.3. The van der Waals surface area contributed by atoms with E-state index < -0.39 is 0 Å². The number of nitrogens with zero attached hydrogens (tertiary/aromatic N) is 1. The Hall–Kier alpha value is -3.60. The van der Waals surface area contributed by atoms with Crippen LogP contribution >= 0.6 is 0 Å². The summed E-state index contributed by atoms with van der Waals surface area (Å²) in [7, 11) is 0. The van der Waals surface area contributed by atoms with Gasteiger partial charge in [0.1, 0.15) is 11.3 Å². The predicted molar refractivity (Wildman–Crippen MR) is 119 cm³/mol. The van der Waals surface area contributed by atoms with Crippen LogP contribution in [0.4, 0.5) is 5.69 Å². The zero-order chi connectivity index (χ0) is 21.3. The average molecular weight is 400 g/mol. The minimum atomic E-state index is -0.230. The van der Waals surface area contributed by atoms with Crippen molar-refractivity contribution < 1.29 is 13.9 Å². The van der Waals surface area contributed by atoms with Gasteiger partial charge in [-0.1, -0.05) is 12.1 Å². The molecule has 0 bridgehead atoms. The number of ether oxygens (including phenoxy) is 1. The van der Waals surface area contributed by atoms with Crippen molar-refractivity contribution in [3.8, 4) is 17.2 Å². The Morgan fingerprint density at radius 2 is 1.70 bits per heavy atom. The lowest BCUT2D eigenvalue weighted by molar-refractivity contribution is -0.118. The van der Waals surface area contributed by atoms with Crippen LogP contribution in [0.5, 0.6) is 5.75 Å². The number of amides is 1. The van der Waals surface area contributed by atoms with Gasteiger partial charge in [-0.05, 0) is 92.4 Å². The number of fused-ring (bicyclic) bond motifs is 1. The summed E-state index contributed by atoms with van der Waals surface area (Å²) in [6, 6.07) is 17.4. The molecule has 30 heavy (non-hydrogen) atoms. The van der Waals surface area contributed by atoms with Crippen molar-refractivity contribution >= 4 is 22.7 Å². The molecule has 5 nitrogen and oxygen atoms in total. The Balaban J connectivity index is 1.46. The topological polar surface area (TPSA) is 64.4 Å². The van der Waals surface area contributed by atoms with Crippen LogP contribution in [0.1, 0.15) is 22.3 Å². The second kappa shape index (κ2) is 8.03. The van der Waals surface area contributed by atoms with E-state index in [4.69, 9.17) is 9.15 Å². The number of benzene rings is 3. The summed E-state index contributed by atoms with van der Waals surface area (Å²) in [6.45, 7) is 8.07. The second-order valence-electron chi connectivity index (χ2n) is 7.66. The molecule has 0 saturated carbocycles. The number of carbonyl (C=O) groups is 1. The highest BCUT2D eigenvalue weighted by molar-refractivity contribution is 5.94. The van der Waals surface area contributed by atoms with Crippen LogP contribution in [0.3, 0.4) is 0 Å². The van der Waals surface area contributed by atoms with Gasteiger partial charge in [0.2, 0.25) is 5.89 Å². The van der Waals surface area contributed by atoms with Gasteiger partial charge in [0.25, 0.3) is 5.91 Å². The molecule has 1 aromatic heterocycles. The number of nitrogens with one attached hydrogen (secondary N) is 1. The fourth-order valence-electron chi connectivity index (χ4n) is 3.37. The first-order valence-electron chi connectivity index (χ1n) is 9.86. The van der Waals surface area contributed by atoms with Gasteiger partial charge < -0.3 is 14.5 Å². The zero-order valence-corrected chi connectivity index (χ0v) is 17.6. The fraction of sp³-hybridized carbons (Fsp3) is 0.200. The smallest absolute Gasteiger partial charge is 0.262 e. The van der Waals surface area contributed by atoms with Crippen LogP contribution < -0.4 is 10.1 Å². The molecular weight excluding hydrogens is 376 g/mol. The molecule has 3 aromatic carbocycles. The molecule has 0 fully saturated rings. The van der Waals surface area contributed by atoms with Gasteiger partial charge >= 0.3 is 0 Å². The Labute approximate surface area is 175 Å². The van der Waals surface area contributed by atoms with E-state index in [9.17, 15) is 4.79 Å². The summed E-state index contributed by atoms with van der Waals surface area (Å²) in [6.07, 6.45) is 0. The molecule has 0 unspecified atom stereocenters. The summed E-state index contributed by atoms with van der Waals surface area (Å²) in [5.74, 6) is 1.02. The third kappa shape index (κ3) is 4.35. The van der Waals surface area contributed by atoms with Gasteiger partial charge in [0.15, 0.2) is 12.2 Å². The monoisotopic (exact) mass is 400 g/mol. The number of aromatic nitrogens is 1. The Bertz CT molecular complexity index is 1220. The van der Waals surface area contributed by atoms with Crippen LogP contribution in [-0.2, 0) is 4.79 Å². The number of carbonyl (C=O) groups excluding carboxylic acids is 1. The molecule has 5 heteroatoms. The molecule has 1 amide bonds. The number of anilines is 1. The molecule has 0 aliphatic rings. The van der Waals surface area contributed by atoms with E-state index in [1.165, 1.54) is 11.1 Å². The standard InChI is InChI=1S/C25H24N2O3/c1-15-9-16(2)11-21(10-15)29-14-24(28)26-20-7-8-23-22(13-20)27-25(30-23)19-6-5-17(3)18(4)12-19/h5-13H,14H2,1-4H3,(H,26,28). The average Bonchev–Trinajstić information content (AvgIpc) is 3.11. The van der Waals surface area contributed by atoms with E-state index in [0.717, 1.165) is 16.7 Å².